The summed E-state index contributed by atoms with van der Waals surface area (Å²) in [6.45, 7) is 2.06. The molecule has 0 spiro atoms. The summed E-state index contributed by atoms with van der Waals surface area (Å²) in [6.07, 6.45) is 5.28. The van der Waals surface area contributed by atoms with E-state index < -0.39 is 6.04 Å². The molecule has 1 saturated carbocycles. The van der Waals surface area contributed by atoms with Gasteiger partial charge in [-0.2, -0.15) is 0 Å². The minimum absolute atomic E-state index is 0.0204. The molecule has 2 aromatic rings. The molecule has 3 rings (SSSR count). The number of benzene rings is 1. The number of esters is 1. The first-order valence-corrected chi connectivity index (χ1v) is 11.2. The molecule has 0 radical (unpaired) electrons. The largest absolute Gasteiger partial charge is 0.469 e. The van der Waals surface area contributed by atoms with Gasteiger partial charge in [-0.3, -0.25) is 14.4 Å². The lowest BCUT2D eigenvalue weighted by atomic mass is 9.86. The predicted molar refractivity (Wildman–Crippen MR) is 120 cm³/mol. The van der Waals surface area contributed by atoms with Crippen LogP contribution in [0.1, 0.15) is 62.4 Å². The minimum Gasteiger partial charge on any atom is -0.469 e. The van der Waals surface area contributed by atoms with Gasteiger partial charge in [-0.25, -0.2) is 0 Å². The van der Waals surface area contributed by atoms with E-state index in [1.54, 1.807) is 0 Å². The molecule has 0 unspecified atom stereocenters. The van der Waals surface area contributed by atoms with Crippen molar-refractivity contribution in [2.24, 2.45) is 13.0 Å². The molecule has 168 valence electrons. The Hall–Kier alpha value is -2.83. The number of nitrogens with one attached hydrogen (secondary N) is 2. The van der Waals surface area contributed by atoms with Crippen LogP contribution in [0.4, 0.5) is 0 Å². The Morgan fingerprint density at radius 2 is 1.87 bits per heavy atom. The van der Waals surface area contributed by atoms with Gasteiger partial charge in [0.25, 0.3) is 5.91 Å². The van der Waals surface area contributed by atoms with Crippen molar-refractivity contribution in [2.75, 3.05) is 7.11 Å². The first-order valence-electron chi connectivity index (χ1n) is 11.2. The van der Waals surface area contributed by atoms with Gasteiger partial charge in [0.15, 0.2) is 0 Å². The van der Waals surface area contributed by atoms with Crippen LogP contribution in [-0.4, -0.2) is 41.5 Å². The zero-order valence-corrected chi connectivity index (χ0v) is 18.6. The molecule has 1 heterocycles. The number of hydrogen-bond acceptors (Lipinski definition) is 4. The van der Waals surface area contributed by atoms with E-state index >= 15 is 0 Å². The van der Waals surface area contributed by atoms with E-state index in [-0.39, 0.29) is 29.7 Å². The van der Waals surface area contributed by atoms with Gasteiger partial charge in [0, 0.05) is 24.0 Å². The number of rotatable bonds is 8. The molecule has 1 aromatic carbocycles. The highest BCUT2D eigenvalue weighted by Gasteiger charge is 2.30. The molecule has 1 fully saturated rings. The summed E-state index contributed by atoms with van der Waals surface area (Å²) in [5.74, 6) is -0.653. The van der Waals surface area contributed by atoms with E-state index in [1.807, 2.05) is 41.9 Å². The maximum atomic E-state index is 13.0. The Morgan fingerprint density at radius 1 is 1.16 bits per heavy atom. The number of carbonyl (C=O) groups is 3. The summed E-state index contributed by atoms with van der Waals surface area (Å²) in [7, 11) is 3.27. The van der Waals surface area contributed by atoms with Crippen LogP contribution in [0.5, 0.6) is 0 Å². The maximum Gasteiger partial charge on any atom is 0.308 e. The van der Waals surface area contributed by atoms with E-state index in [4.69, 9.17) is 4.74 Å². The van der Waals surface area contributed by atoms with Gasteiger partial charge in [-0.15, -0.1) is 0 Å². The molecule has 7 nitrogen and oxygen atoms in total. The van der Waals surface area contributed by atoms with Gasteiger partial charge >= 0.3 is 5.97 Å². The van der Waals surface area contributed by atoms with Crippen LogP contribution in [0.15, 0.2) is 30.3 Å². The van der Waals surface area contributed by atoms with Gasteiger partial charge in [0.1, 0.15) is 11.7 Å². The second kappa shape index (κ2) is 10.5. The fourth-order valence-electron chi connectivity index (χ4n) is 4.36. The third kappa shape index (κ3) is 5.46. The SMILES string of the molecule is CCCC[C@H](NC(=O)c1cc2ccccc2n1C)C(=O)NC1CCC(C(=O)OC)CC1. The Labute approximate surface area is 183 Å². The number of fused-ring (bicyclic) bond motifs is 1. The second-order valence-corrected chi connectivity index (χ2v) is 8.40. The van der Waals surface area contributed by atoms with Crippen molar-refractivity contribution in [3.63, 3.8) is 0 Å². The fourth-order valence-corrected chi connectivity index (χ4v) is 4.36. The molecule has 0 saturated heterocycles. The highest BCUT2D eigenvalue weighted by Crippen LogP contribution is 2.25. The Morgan fingerprint density at radius 3 is 2.52 bits per heavy atom. The van der Waals surface area contributed by atoms with E-state index in [0.717, 1.165) is 36.6 Å². The summed E-state index contributed by atoms with van der Waals surface area (Å²) >= 11 is 0. The number of methoxy groups -OCH3 is 1. The van der Waals surface area contributed by atoms with E-state index in [9.17, 15) is 14.4 Å². The number of nitrogens with zero attached hydrogens (tertiary/aromatic N) is 1. The van der Waals surface area contributed by atoms with Crippen molar-refractivity contribution in [3.05, 3.63) is 36.0 Å². The van der Waals surface area contributed by atoms with Gasteiger partial charge in [-0.05, 0) is 44.2 Å². The van der Waals surface area contributed by atoms with Crippen LogP contribution in [0, 0.1) is 5.92 Å². The van der Waals surface area contributed by atoms with Gasteiger partial charge in [0.05, 0.1) is 13.0 Å². The maximum absolute atomic E-state index is 13.0. The minimum atomic E-state index is -0.580. The molecule has 0 aliphatic heterocycles. The zero-order chi connectivity index (χ0) is 22.4. The topological polar surface area (TPSA) is 89.4 Å². The van der Waals surface area contributed by atoms with Crippen molar-refractivity contribution in [2.45, 2.75) is 64.0 Å². The van der Waals surface area contributed by atoms with Crippen LogP contribution >= 0.6 is 0 Å². The Bertz CT molecular complexity index is 928. The molecular weight excluding hydrogens is 394 g/mol. The quantitative estimate of drug-likeness (QED) is 0.633. The van der Waals surface area contributed by atoms with Crippen LogP contribution in [0.25, 0.3) is 10.9 Å². The summed E-state index contributed by atoms with van der Waals surface area (Å²) in [6, 6.07) is 9.12. The molecule has 31 heavy (non-hydrogen) atoms. The highest BCUT2D eigenvalue weighted by molar-refractivity contribution is 6.00. The monoisotopic (exact) mass is 427 g/mol. The molecule has 0 bridgehead atoms. The first kappa shape index (κ1) is 22.8. The lowest BCUT2D eigenvalue weighted by Gasteiger charge is -2.29. The third-order valence-corrected chi connectivity index (χ3v) is 6.26. The fraction of sp³-hybridized carbons (Fsp3) is 0.542. The van der Waals surface area contributed by atoms with E-state index in [2.05, 4.69) is 17.6 Å². The van der Waals surface area contributed by atoms with E-state index in [1.165, 1.54) is 7.11 Å². The molecule has 1 aliphatic carbocycles. The number of hydrogen-bond donors (Lipinski definition) is 2. The Balaban J connectivity index is 1.64. The normalized spacial score (nSPS) is 19.6. The Kier molecular flexibility index (Phi) is 7.71. The van der Waals surface area contributed by atoms with Crippen molar-refractivity contribution in [1.29, 1.82) is 0 Å². The number of carbonyl (C=O) groups excluding carboxylic acids is 3. The second-order valence-electron chi connectivity index (χ2n) is 8.40. The molecular formula is C24H33N3O4. The number of amides is 2. The smallest absolute Gasteiger partial charge is 0.308 e. The number of para-hydroxylation sites is 1. The van der Waals surface area contributed by atoms with Gasteiger partial charge in [0.2, 0.25) is 5.91 Å². The van der Waals surface area contributed by atoms with Crippen molar-refractivity contribution in [3.8, 4) is 0 Å². The average molecular weight is 428 g/mol. The molecule has 1 atom stereocenters. The standard InChI is InChI=1S/C24H33N3O4/c1-4-5-9-19(22(28)25-18-13-11-16(12-14-18)24(30)31-3)26-23(29)21-15-17-8-6-7-10-20(17)27(21)2/h6-8,10,15-16,18-19H,4-5,9,11-14H2,1-3H3,(H,25,28)(H,26,29)/t16?,18?,19-/m0/s1. The van der Waals surface area contributed by atoms with Crippen LogP contribution in [0.2, 0.25) is 0 Å². The third-order valence-electron chi connectivity index (χ3n) is 6.26. The van der Waals surface area contributed by atoms with Crippen molar-refractivity contribution >= 4 is 28.7 Å². The number of aryl methyl sites for hydroxylation is 1. The van der Waals surface area contributed by atoms with Crippen molar-refractivity contribution < 1.29 is 19.1 Å². The number of aromatic nitrogens is 1. The van der Waals surface area contributed by atoms with Crippen LogP contribution in [-0.2, 0) is 21.4 Å². The molecule has 1 aromatic heterocycles. The van der Waals surface area contributed by atoms with Gasteiger partial charge < -0.3 is 19.9 Å². The predicted octanol–water partition coefficient (Wildman–Crippen LogP) is 3.31. The first-order chi connectivity index (χ1) is 14.9. The zero-order valence-electron chi connectivity index (χ0n) is 18.6. The van der Waals surface area contributed by atoms with Gasteiger partial charge in [-0.1, -0.05) is 38.0 Å². The molecule has 2 N–H and O–H groups in total. The molecule has 1 aliphatic rings. The highest BCUT2D eigenvalue weighted by atomic mass is 16.5. The summed E-state index contributed by atoms with van der Waals surface area (Å²) in [4.78, 5) is 37.7. The van der Waals surface area contributed by atoms with Crippen LogP contribution in [0.3, 0.4) is 0 Å². The average Bonchev–Trinajstić information content (AvgIpc) is 3.13. The lowest BCUT2D eigenvalue weighted by Crippen LogP contribution is -2.50. The van der Waals surface area contributed by atoms with E-state index in [0.29, 0.717) is 25.0 Å². The van der Waals surface area contributed by atoms with Crippen molar-refractivity contribution in [1.82, 2.24) is 15.2 Å². The summed E-state index contributed by atoms with van der Waals surface area (Å²) in [5.41, 5.74) is 1.51. The summed E-state index contributed by atoms with van der Waals surface area (Å²) < 4.78 is 6.68. The number of ether oxygens (including phenoxy) is 1. The summed E-state index contributed by atoms with van der Waals surface area (Å²) in [5, 5.41) is 7.03. The lowest BCUT2D eigenvalue weighted by molar-refractivity contribution is -0.146. The van der Waals surface area contributed by atoms with Crippen LogP contribution < -0.4 is 10.6 Å². The number of unbranched alkanes of at least 4 members (excludes halogenated alkanes) is 1. The molecule has 7 heteroatoms. The molecule has 2 amide bonds.